The summed E-state index contributed by atoms with van der Waals surface area (Å²) in [5.41, 5.74) is 0.668. The standard InChI is InChI=1S/C8H14OS/c1-6(2)8(9)7(3)5-10-4/h7H,1,5H2,2-4H3. The Labute approximate surface area is 66.9 Å². The summed E-state index contributed by atoms with van der Waals surface area (Å²) in [6.07, 6.45) is 2.00. The number of carbonyl (C=O) groups excluding carboxylic acids is 1. The van der Waals surface area contributed by atoms with Crippen molar-refractivity contribution in [2.75, 3.05) is 12.0 Å². The molecular formula is C8H14OS. The van der Waals surface area contributed by atoms with Crippen LogP contribution in [0.3, 0.4) is 0 Å². The molecule has 1 nitrogen and oxygen atoms in total. The van der Waals surface area contributed by atoms with Crippen LogP contribution in [0.15, 0.2) is 12.2 Å². The minimum Gasteiger partial charge on any atom is -0.294 e. The van der Waals surface area contributed by atoms with Crippen molar-refractivity contribution in [3.8, 4) is 0 Å². The molecular weight excluding hydrogens is 144 g/mol. The molecule has 0 radical (unpaired) electrons. The lowest BCUT2D eigenvalue weighted by atomic mass is 10.0. The highest BCUT2D eigenvalue weighted by atomic mass is 32.2. The number of allylic oxidation sites excluding steroid dienone is 1. The Hall–Kier alpha value is -0.240. The number of thioether (sulfide) groups is 1. The zero-order chi connectivity index (χ0) is 8.15. The summed E-state index contributed by atoms with van der Waals surface area (Å²) in [4.78, 5) is 11.1. The summed E-state index contributed by atoms with van der Waals surface area (Å²) in [7, 11) is 0. The van der Waals surface area contributed by atoms with E-state index in [1.165, 1.54) is 0 Å². The van der Waals surface area contributed by atoms with Gasteiger partial charge in [0.25, 0.3) is 0 Å². The van der Waals surface area contributed by atoms with E-state index in [-0.39, 0.29) is 11.7 Å². The van der Waals surface area contributed by atoms with Crippen LogP contribution in [0.2, 0.25) is 0 Å². The number of rotatable bonds is 4. The lowest BCUT2D eigenvalue weighted by molar-refractivity contribution is -0.118. The van der Waals surface area contributed by atoms with Gasteiger partial charge in [0, 0.05) is 11.7 Å². The Bertz CT molecular complexity index is 140. The van der Waals surface area contributed by atoms with Crippen LogP contribution in [-0.4, -0.2) is 17.8 Å². The van der Waals surface area contributed by atoms with E-state index >= 15 is 0 Å². The van der Waals surface area contributed by atoms with Gasteiger partial charge in [-0.15, -0.1) is 0 Å². The number of ketones is 1. The normalized spacial score (nSPS) is 12.7. The Morgan fingerprint density at radius 3 is 2.50 bits per heavy atom. The van der Waals surface area contributed by atoms with Crippen LogP contribution in [0.4, 0.5) is 0 Å². The maximum atomic E-state index is 11.1. The molecule has 0 aromatic carbocycles. The van der Waals surface area contributed by atoms with E-state index in [9.17, 15) is 4.79 Å². The zero-order valence-corrected chi connectivity index (χ0v) is 7.62. The third-order valence-corrected chi connectivity index (χ3v) is 2.12. The minimum absolute atomic E-state index is 0.132. The molecule has 1 unspecified atom stereocenters. The zero-order valence-electron chi connectivity index (χ0n) is 6.81. The van der Waals surface area contributed by atoms with Crippen LogP contribution in [0.5, 0.6) is 0 Å². The van der Waals surface area contributed by atoms with E-state index in [1.807, 2.05) is 13.2 Å². The first kappa shape index (κ1) is 9.76. The average molecular weight is 158 g/mol. The molecule has 1 atom stereocenters. The molecule has 0 spiro atoms. The highest BCUT2D eigenvalue weighted by molar-refractivity contribution is 7.98. The molecule has 0 aliphatic rings. The number of carbonyl (C=O) groups is 1. The maximum absolute atomic E-state index is 11.1. The van der Waals surface area contributed by atoms with E-state index in [1.54, 1.807) is 18.7 Å². The Balaban J connectivity index is 3.82. The van der Waals surface area contributed by atoms with Gasteiger partial charge in [-0.25, -0.2) is 0 Å². The highest BCUT2D eigenvalue weighted by Gasteiger charge is 2.11. The van der Waals surface area contributed by atoms with Crippen LogP contribution in [0.25, 0.3) is 0 Å². The SMILES string of the molecule is C=C(C)C(=O)C(C)CSC. The second-order valence-electron chi connectivity index (χ2n) is 2.50. The topological polar surface area (TPSA) is 17.1 Å². The molecule has 0 amide bonds. The van der Waals surface area contributed by atoms with Gasteiger partial charge >= 0.3 is 0 Å². The second-order valence-corrected chi connectivity index (χ2v) is 3.41. The average Bonchev–Trinajstić information content (AvgIpc) is 1.87. The van der Waals surface area contributed by atoms with Crippen molar-refractivity contribution >= 4 is 17.5 Å². The van der Waals surface area contributed by atoms with Crippen LogP contribution < -0.4 is 0 Å². The molecule has 0 aliphatic heterocycles. The van der Waals surface area contributed by atoms with Gasteiger partial charge in [-0.2, -0.15) is 11.8 Å². The summed E-state index contributed by atoms with van der Waals surface area (Å²) in [5.74, 6) is 1.22. The minimum atomic E-state index is 0.132. The first-order valence-electron chi connectivity index (χ1n) is 3.28. The second kappa shape index (κ2) is 4.56. The Kier molecular flexibility index (Phi) is 4.45. The van der Waals surface area contributed by atoms with Gasteiger partial charge in [0.05, 0.1) is 0 Å². The lowest BCUT2D eigenvalue weighted by Gasteiger charge is -2.06. The van der Waals surface area contributed by atoms with Crippen molar-refractivity contribution in [3.63, 3.8) is 0 Å². The molecule has 0 heterocycles. The van der Waals surface area contributed by atoms with Gasteiger partial charge < -0.3 is 0 Å². The molecule has 0 aromatic rings. The van der Waals surface area contributed by atoms with Crippen LogP contribution in [0, 0.1) is 5.92 Å². The van der Waals surface area contributed by atoms with Crippen molar-refractivity contribution in [2.24, 2.45) is 5.92 Å². The van der Waals surface area contributed by atoms with Crippen molar-refractivity contribution in [1.29, 1.82) is 0 Å². The first-order chi connectivity index (χ1) is 4.59. The molecule has 10 heavy (non-hydrogen) atoms. The third-order valence-electron chi connectivity index (χ3n) is 1.28. The first-order valence-corrected chi connectivity index (χ1v) is 4.67. The maximum Gasteiger partial charge on any atom is 0.161 e. The fourth-order valence-electron chi connectivity index (χ4n) is 0.746. The van der Waals surface area contributed by atoms with Crippen molar-refractivity contribution in [3.05, 3.63) is 12.2 Å². The smallest absolute Gasteiger partial charge is 0.161 e. The third kappa shape index (κ3) is 3.06. The predicted octanol–water partition coefficient (Wildman–Crippen LogP) is 2.13. The number of hydrogen-bond acceptors (Lipinski definition) is 2. The summed E-state index contributed by atoms with van der Waals surface area (Å²) < 4.78 is 0. The van der Waals surface area contributed by atoms with Crippen LogP contribution in [0.1, 0.15) is 13.8 Å². The number of Topliss-reactive ketones (excluding diaryl/α,β-unsaturated/α-hetero) is 1. The molecule has 2 heteroatoms. The van der Waals surface area contributed by atoms with Gasteiger partial charge in [0.1, 0.15) is 0 Å². The highest BCUT2D eigenvalue weighted by Crippen LogP contribution is 2.09. The Morgan fingerprint density at radius 1 is 1.70 bits per heavy atom. The van der Waals surface area contributed by atoms with E-state index in [4.69, 9.17) is 0 Å². The van der Waals surface area contributed by atoms with E-state index < -0.39 is 0 Å². The molecule has 0 saturated heterocycles. The molecule has 0 aromatic heterocycles. The molecule has 0 N–H and O–H groups in total. The van der Waals surface area contributed by atoms with Crippen molar-refractivity contribution in [2.45, 2.75) is 13.8 Å². The molecule has 0 bridgehead atoms. The fraction of sp³-hybridized carbons (Fsp3) is 0.625. The van der Waals surface area contributed by atoms with Gasteiger partial charge in [-0.3, -0.25) is 4.79 Å². The van der Waals surface area contributed by atoms with E-state index in [0.29, 0.717) is 5.57 Å². The quantitative estimate of drug-likeness (QED) is 0.583. The Morgan fingerprint density at radius 2 is 2.20 bits per heavy atom. The number of hydrogen-bond donors (Lipinski definition) is 0. The summed E-state index contributed by atoms with van der Waals surface area (Å²) in [6, 6.07) is 0. The summed E-state index contributed by atoms with van der Waals surface area (Å²) in [6.45, 7) is 7.30. The molecule has 58 valence electrons. The molecule has 0 fully saturated rings. The van der Waals surface area contributed by atoms with E-state index in [2.05, 4.69) is 6.58 Å². The van der Waals surface area contributed by atoms with Crippen LogP contribution >= 0.6 is 11.8 Å². The molecule has 0 rings (SSSR count). The van der Waals surface area contributed by atoms with Crippen LogP contribution in [-0.2, 0) is 4.79 Å². The lowest BCUT2D eigenvalue weighted by Crippen LogP contribution is -2.13. The molecule has 0 aliphatic carbocycles. The monoisotopic (exact) mass is 158 g/mol. The summed E-state index contributed by atoms with van der Waals surface area (Å²) in [5, 5.41) is 0. The predicted molar refractivity (Wildman–Crippen MR) is 47.4 cm³/mol. The summed E-state index contributed by atoms with van der Waals surface area (Å²) >= 11 is 1.69. The van der Waals surface area contributed by atoms with Gasteiger partial charge in [0.15, 0.2) is 5.78 Å². The van der Waals surface area contributed by atoms with E-state index in [0.717, 1.165) is 5.75 Å². The van der Waals surface area contributed by atoms with Crippen molar-refractivity contribution in [1.82, 2.24) is 0 Å². The largest absolute Gasteiger partial charge is 0.294 e. The van der Waals surface area contributed by atoms with Crippen molar-refractivity contribution < 1.29 is 4.79 Å². The van der Waals surface area contributed by atoms with Gasteiger partial charge in [-0.05, 0) is 18.8 Å². The van der Waals surface area contributed by atoms with Gasteiger partial charge in [0.2, 0.25) is 0 Å². The molecule has 0 saturated carbocycles. The van der Waals surface area contributed by atoms with Gasteiger partial charge in [-0.1, -0.05) is 13.5 Å². The fourth-order valence-corrected chi connectivity index (χ4v) is 1.40.